The lowest BCUT2D eigenvalue weighted by atomic mass is 9.85. The Hall–Kier alpha value is -2.11. The highest BCUT2D eigenvalue weighted by Gasteiger charge is 2.26. The van der Waals surface area contributed by atoms with Gasteiger partial charge < -0.3 is 5.32 Å². The van der Waals surface area contributed by atoms with Crippen molar-refractivity contribution in [3.05, 3.63) is 34.9 Å². The molecule has 6 heteroatoms. The van der Waals surface area contributed by atoms with Gasteiger partial charge >= 0.3 is 0 Å². The first-order valence-electron chi connectivity index (χ1n) is 8.67. The molecule has 1 amide bonds. The third-order valence-corrected chi connectivity index (χ3v) is 5.01. The molecule has 3 N–H and O–H groups in total. The number of carbonyl (C=O) groups is 1. The van der Waals surface area contributed by atoms with Gasteiger partial charge in [0.2, 0.25) is 0 Å². The minimum atomic E-state index is -0.0538. The van der Waals surface area contributed by atoms with Crippen LogP contribution >= 0.6 is 0 Å². The van der Waals surface area contributed by atoms with Gasteiger partial charge in [0.15, 0.2) is 0 Å². The summed E-state index contributed by atoms with van der Waals surface area (Å²) in [6.07, 6.45) is 10.2. The van der Waals surface area contributed by atoms with Crippen LogP contribution in [0.4, 0.5) is 0 Å². The molecule has 122 valence electrons. The molecule has 0 aliphatic heterocycles. The Bertz CT molecular complexity index is 679. The van der Waals surface area contributed by atoms with Crippen LogP contribution in [-0.2, 0) is 6.54 Å². The van der Waals surface area contributed by atoms with Crippen LogP contribution in [0, 0.1) is 0 Å². The Morgan fingerprint density at radius 2 is 1.96 bits per heavy atom. The number of H-pyrrole nitrogens is 2. The Labute approximate surface area is 135 Å². The van der Waals surface area contributed by atoms with E-state index in [1.54, 1.807) is 6.20 Å². The third kappa shape index (κ3) is 3.16. The molecule has 0 aromatic carbocycles. The van der Waals surface area contributed by atoms with Gasteiger partial charge in [0.05, 0.1) is 35.4 Å². The fourth-order valence-corrected chi connectivity index (χ4v) is 3.51. The van der Waals surface area contributed by atoms with Crippen LogP contribution < -0.4 is 5.32 Å². The summed E-state index contributed by atoms with van der Waals surface area (Å²) in [5, 5.41) is 17.5. The van der Waals surface area contributed by atoms with Gasteiger partial charge in [-0.25, -0.2) is 0 Å². The Balaban J connectivity index is 1.39. The zero-order valence-corrected chi connectivity index (χ0v) is 13.3. The maximum atomic E-state index is 12.5. The van der Waals surface area contributed by atoms with Gasteiger partial charge in [-0.1, -0.05) is 19.3 Å². The van der Waals surface area contributed by atoms with Gasteiger partial charge in [-0.05, 0) is 31.7 Å². The first-order chi connectivity index (χ1) is 11.3. The van der Waals surface area contributed by atoms with Crippen molar-refractivity contribution in [3.8, 4) is 0 Å². The minimum Gasteiger partial charge on any atom is -0.346 e. The molecule has 2 saturated carbocycles. The van der Waals surface area contributed by atoms with Gasteiger partial charge in [-0.3, -0.25) is 15.0 Å². The van der Waals surface area contributed by atoms with E-state index in [9.17, 15) is 4.79 Å². The molecule has 0 unspecified atom stereocenters. The molecule has 2 heterocycles. The fraction of sp³-hybridized carbons (Fsp3) is 0.588. The smallest absolute Gasteiger partial charge is 0.255 e. The highest BCUT2D eigenvalue weighted by molar-refractivity contribution is 5.95. The van der Waals surface area contributed by atoms with E-state index >= 15 is 0 Å². The van der Waals surface area contributed by atoms with E-state index in [0.717, 1.165) is 29.9 Å². The predicted octanol–water partition coefficient (Wildman–Crippen LogP) is 2.99. The van der Waals surface area contributed by atoms with Crippen molar-refractivity contribution in [2.75, 3.05) is 0 Å². The predicted molar refractivity (Wildman–Crippen MR) is 86.1 cm³/mol. The molecule has 0 atom stereocenters. The maximum Gasteiger partial charge on any atom is 0.255 e. The van der Waals surface area contributed by atoms with Crippen molar-refractivity contribution in [3.63, 3.8) is 0 Å². The monoisotopic (exact) mass is 313 g/mol. The van der Waals surface area contributed by atoms with Crippen molar-refractivity contribution in [1.82, 2.24) is 25.7 Å². The SMILES string of the molecule is O=C(NCc1cc(C2CC2)n[nH]1)c1cn[nH]c1C1CCCCC1. The molecule has 0 saturated heterocycles. The average molecular weight is 313 g/mol. The molecule has 2 aromatic rings. The first-order valence-corrected chi connectivity index (χ1v) is 8.67. The van der Waals surface area contributed by atoms with Gasteiger partial charge in [0.1, 0.15) is 0 Å². The molecule has 2 aromatic heterocycles. The number of hydrogen-bond donors (Lipinski definition) is 3. The summed E-state index contributed by atoms with van der Waals surface area (Å²) in [7, 11) is 0. The van der Waals surface area contributed by atoms with Gasteiger partial charge in [0, 0.05) is 11.8 Å². The lowest BCUT2D eigenvalue weighted by molar-refractivity contribution is 0.0948. The number of aromatic amines is 2. The van der Waals surface area contributed by atoms with Crippen LogP contribution in [0.5, 0.6) is 0 Å². The van der Waals surface area contributed by atoms with Gasteiger partial charge in [0.25, 0.3) is 5.91 Å². The second-order valence-electron chi connectivity index (χ2n) is 6.81. The molecule has 4 rings (SSSR count). The van der Waals surface area contributed by atoms with E-state index in [1.807, 2.05) is 0 Å². The highest BCUT2D eigenvalue weighted by atomic mass is 16.1. The van der Waals surface area contributed by atoms with Crippen LogP contribution in [-0.4, -0.2) is 26.3 Å². The lowest BCUT2D eigenvalue weighted by Crippen LogP contribution is -2.24. The van der Waals surface area contributed by atoms with E-state index in [-0.39, 0.29) is 5.91 Å². The second kappa shape index (κ2) is 6.18. The number of hydrogen-bond acceptors (Lipinski definition) is 3. The van der Waals surface area contributed by atoms with Crippen molar-refractivity contribution in [2.24, 2.45) is 0 Å². The van der Waals surface area contributed by atoms with Crippen LogP contribution in [0.15, 0.2) is 12.3 Å². The van der Waals surface area contributed by atoms with Gasteiger partial charge in [-0.15, -0.1) is 0 Å². The van der Waals surface area contributed by atoms with Crippen molar-refractivity contribution in [1.29, 1.82) is 0 Å². The molecule has 23 heavy (non-hydrogen) atoms. The average Bonchev–Trinajstić information content (AvgIpc) is 3.14. The summed E-state index contributed by atoms with van der Waals surface area (Å²) < 4.78 is 0. The molecule has 2 aliphatic carbocycles. The lowest BCUT2D eigenvalue weighted by Gasteiger charge is -2.21. The number of amides is 1. The van der Waals surface area contributed by atoms with E-state index in [1.165, 1.54) is 32.1 Å². The summed E-state index contributed by atoms with van der Waals surface area (Å²) >= 11 is 0. The van der Waals surface area contributed by atoms with E-state index < -0.39 is 0 Å². The summed E-state index contributed by atoms with van der Waals surface area (Å²) in [5.41, 5.74) is 3.78. The zero-order valence-electron chi connectivity index (χ0n) is 13.3. The van der Waals surface area contributed by atoms with Crippen molar-refractivity contribution < 1.29 is 4.79 Å². The molecular formula is C17H23N5O. The van der Waals surface area contributed by atoms with Crippen LogP contribution in [0.1, 0.15) is 84.2 Å². The standard InChI is InChI=1S/C17H23N5O/c23-17(18-9-13-8-15(21-20-13)11-6-7-11)14-10-19-22-16(14)12-4-2-1-3-5-12/h8,10-12H,1-7,9H2,(H,18,23)(H,19,22)(H,20,21). The largest absolute Gasteiger partial charge is 0.346 e. The number of nitrogens with zero attached hydrogens (tertiary/aromatic N) is 2. The van der Waals surface area contributed by atoms with Gasteiger partial charge in [-0.2, -0.15) is 10.2 Å². The quantitative estimate of drug-likeness (QED) is 0.793. The highest BCUT2D eigenvalue weighted by Crippen LogP contribution is 2.39. The van der Waals surface area contributed by atoms with Crippen molar-refractivity contribution in [2.45, 2.75) is 63.3 Å². The van der Waals surface area contributed by atoms with E-state index in [4.69, 9.17) is 0 Å². The molecule has 0 spiro atoms. The number of aromatic nitrogens is 4. The fourth-order valence-electron chi connectivity index (χ4n) is 3.51. The zero-order chi connectivity index (χ0) is 15.6. The summed E-state index contributed by atoms with van der Waals surface area (Å²) in [5.74, 6) is 1.02. The number of nitrogens with one attached hydrogen (secondary N) is 3. The van der Waals surface area contributed by atoms with Crippen molar-refractivity contribution >= 4 is 5.91 Å². The third-order valence-electron chi connectivity index (χ3n) is 5.01. The van der Waals surface area contributed by atoms with E-state index in [2.05, 4.69) is 31.8 Å². The number of carbonyl (C=O) groups excluding carboxylic acids is 1. The summed E-state index contributed by atoms with van der Waals surface area (Å²) in [4.78, 5) is 12.5. The van der Waals surface area contributed by atoms with Crippen LogP contribution in [0.3, 0.4) is 0 Å². The second-order valence-corrected chi connectivity index (χ2v) is 6.81. The van der Waals surface area contributed by atoms with Crippen LogP contribution in [0.2, 0.25) is 0 Å². The molecule has 0 bridgehead atoms. The molecule has 2 aliphatic rings. The molecular weight excluding hydrogens is 290 g/mol. The normalized spacial score (nSPS) is 19.0. The molecule has 0 radical (unpaired) electrons. The topological polar surface area (TPSA) is 86.5 Å². The first kappa shape index (κ1) is 14.5. The Kier molecular flexibility index (Phi) is 3.89. The van der Waals surface area contributed by atoms with E-state index in [0.29, 0.717) is 23.9 Å². The van der Waals surface area contributed by atoms with Crippen LogP contribution in [0.25, 0.3) is 0 Å². The summed E-state index contributed by atoms with van der Waals surface area (Å²) in [6.45, 7) is 0.480. The molecule has 6 nitrogen and oxygen atoms in total. The minimum absolute atomic E-state index is 0.0538. The molecule has 2 fully saturated rings. The summed E-state index contributed by atoms with van der Waals surface area (Å²) in [6, 6.07) is 2.06. The number of rotatable bonds is 5. The Morgan fingerprint density at radius 3 is 2.74 bits per heavy atom. The maximum absolute atomic E-state index is 12.5. The Morgan fingerprint density at radius 1 is 1.13 bits per heavy atom.